The van der Waals surface area contributed by atoms with Gasteiger partial charge in [0.2, 0.25) is 0 Å². The second-order valence-electron chi connectivity index (χ2n) is 5.74. The number of nitrogens with one attached hydrogen (secondary N) is 2. The monoisotopic (exact) mass is 342 g/mol. The number of aryl methyl sites for hydroxylation is 1. The molecule has 1 atom stereocenters. The molecule has 1 unspecified atom stereocenters. The first-order valence-corrected chi connectivity index (χ1v) is 9.49. The zero-order valence-corrected chi connectivity index (χ0v) is 16.2. The van der Waals surface area contributed by atoms with E-state index in [1.807, 2.05) is 13.8 Å². The molecule has 2 N–H and O–H groups in total. The Bertz CT molecular complexity index is 557. The third-order valence-electron chi connectivity index (χ3n) is 3.82. The SMILES string of the molecule is CC.CCCOCCCNNC(c1ccccc1)c1ccccc1C. The molecule has 0 fully saturated rings. The summed E-state index contributed by atoms with van der Waals surface area (Å²) >= 11 is 0. The Morgan fingerprint density at radius 2 is 1.60 bits per heavy atom. The van der Waals surface area contributed by atoms with Gasteiger partial charge in [0, 0.05) is 19.8 Å². The molecular weight excluding hydrogens is 308 g/mol. The maximum atomic E-state index is 5.51. The van der Waals surface area contributed by atoms with Crippen molar-refractivity contribution in [1.82, 2.24) is 10.9 Å². The largest absolute Gasteiger partial charge is 0.381 e. The molecule has 0 saturated carbocycles. The van der Waals surface area contributed by atoms with Crippen LogP contribution in [0.1, 0.15) is 56.3 Å². The van der Waals surface area contributed by atoms with Gasteiger partial charge in [-0.15, -0.1) is 0 Å². The van der Waals surface area contributed by atoms with Gasteiger partial charge in [0.1, 0.15) is 0 Å². The van der Waals surface area contributed by atoms with Gasteiger partial charge in [-0.3, -0.25) is 5.43 Å². The summed E-state index contributed by atoms with van der Waals surface area (Å²) in [5, 5.41) is 0. The Hall–Kier alpha value is -1.68. The van der Waals surface area contributed by atoms with Crippen molar-refractivity contribution >= 4 is 0 Å². The summed E-state index contributed by atoms with van der Waals surface area (Å²) in [5.41, 5.74) is 10.7. The molecule has 0 aromatic heterocycles. The highest BCUT2D eigenvalue weighted by Gasteiger charge is 2.14. The van der Waals surface area contributed by atoms with E-state index in [1.165, 1.54) is 16.7 Å². The lowest BCUT2D eigenvalue weighted by Gasteiger charge is -2.22. The molecule has 2 rings (SSSR count). The maximum absolute atomic E-state index is 5.51. The molecule has 0 bridgehead atoms. The summed E-state index contributed by atoms with van der Waals surface area (Å²) in [4.78, 5) is 0. The van der Waals surface area contributed by atoms with E-state index >= 15 is 0 Å². The molecule has 138 valence electrons. The Balaban J connectivity index is 0.00000151. The highest BCUT2D eigenvalue weighted by molar-refractivity contribution is 5.36. The van der Waals surface area contributed by atoms with Crippen molar-refractivity contribution in [2.24, 2.45) is 0 Å². The van der Waals surface area contributed by atoms with Crippen molar-refractivity contribution < 1.29 is 4.74 Å². The van der Waals surface area contributed by atoms with E-state index in [0.29, 0.717) is 0 Å². The smallest absolute Gasteiger partial charge is 0.0715 e. The Labute approximate surface area is 153 Å². The topological polar surface area (TPSA) is 33.3 Å². The molecule has 0 aliphatic rings. The van der Waals surface area contributed by atoms with Gasteiger partial charge < -0.3 is 4.74 Å². The van der Waals surface area contributed by atoms with E-state index in [4.69, 9.17) is 4.74 Å². The lowest BCUT2D eigenvalue weighted by atomic mass is 9.96. The number of hydrogen-bond donors (Lipinski definition) is 2. The lowest BCUT2D eigenvalue weighted by molar-refractivity contribution is 0.131. The third-order valence-corrected chi connectivity index (χ3v) is 3.82. The van der Waals surface area contributed by atoms with Crippen molar-refractivity contribution in [2.45, 2.75) is 46.6 Å². The molecule has 25 heavy (non-hydrogen) atoms. The van der Waals surface area contributed by atoms with Crippen molar-refractivity contribution in [3.63, 3.8) is 0 Å². The molecular formula is C22H34N2O. The molecule has 0 radical (unpaired) electrons. The van der Waals surface area contributed by atoms with Crippen LogP contribution < -0.4 is 10.9 Å². The van der Waals surface area contributed by atoms with E-state index in [1.54, 1.807) is 0 Å². The Morgan fingerprint density at radius 3 is 2.28 bits per heavy atom. The molecule has 0 heterocycles. The highest BCUT2D eigenvalue weighted by atomic mass is 16.5. The molecule has 0 saturated heterocycles. The zero-order valence-electron chi connectivity index (χ0n) is 16.2. The van der Waals surface area contributed by atoms with Gasteiger partial charge in [0.05, 0.1) is 6.04 Å². The normalized spacial score (nSPS) is 11.5. The minimum atomic E-state index is 0.147. The van der Waals surface area contributed by atoms with Gasteiger partial charge >= 0.3 is 0 Å². The fraction of sp³-hybridized carbons (Fsp3) is 0.455. The van der Waals surface area contributed by atoms with E-state index < -0.39 is 0 Å². The van der Waals surface area contributed by atoms with Crippen LogP contribution in [0.3, 0.4) is 0 Å². The molecule has 0 aliphatic carbocycles. The van der Waals surface area contributed by atoms with Crippen molar-refractivity contribution in [3.8, 4) is 0 Å². The lowest BCUT2D eigenvalue weighted by Crippen LogP contribution is -2.37. The molecule has 0 amide bonds. The summed E-state index contributed by atoms with van der Waals surface area (Å²) in [6, 6.07) is 19.2. The first kappa shape index (κ1) is 21.4. The van der Waals surface area contributed by atoms with E-state index in [9.17, 15) is 0 Å². The molecule has 2 aromatic rings. The molecule has 3 nitrogen and oxygen atoms in total. The fourth-order valence-corrected chi connectivity index (χ4v) is 2.58. The van der Waals surface area contributed by atoms with Gasteiger partial charge in [-0.2, -0.15) is 0 Å². The van der Waals surface area contributed by atoms with Crippen LogP contribution in [0.25, 0.3) is 0 Å². The van der Waals surface area contributed by atoms with Crippen LogP contribution in [-0.4, -0.2) is 19.8 Å². The van der Waals surface area contributed by atoms with E-state index in [2.05, 4.69) is 79.3 Å². The fourth-order valence-electron chi connectivity index (χ4n) is 2.58. The molecule has 3 heteroatoms. The predicted molar refractivity (Wildman–Crippen MR) is 108 cm³/mol. The van der Waals surface area contributed by atoms with Crippen LogP contribution in [0.4, 0.5) is 0 Å². The first-order chi connectivity index (χ1) is 12.3. The number of benzene rings is 2. The molecule has 2 aromatic carbocycles. The van der Waals surface area contributed by atoms with Gasteiger partial charge in [-0.25, -0.2) is 5.43 Å². The maximum Gasteiger partial charge on any atom is 0.0715 e. The van der Waals surface area contributed by atoms with Crippen molar-refractivity contribution in [3.05, 3.63) is 71.3 Å². The van der Waals surface area contributed by atoms with Crippen molar-refractivity contribution in [2.75, 3.05) is 19.8 Å². The van der Waals surface area contributed by atoms with E-state index in [-0.39, 0.29) is 6.04 Å². The van der Waals surface area contributed by atoms with Gasteiger partial charge in [0.15, 0.2) is 0 Å². The Morgan fingerprint density at radius 1 is 0.920 bits per heavy atom. The molecule has 0 spiro atoms. The van der Waals surface area contributed by atoms with Crippen LogP contribution in [0.5, 0.6) is 0 Å². The zero-order chi connectivity index (χ0) is 18.3. The molecule has 0 aliphatic heterocycles. The predicted octanol–water partition coefficient (Wildman–Crippen LogP) is 5.02. The number of hydrogen-bond acceptors (Lipinski definition) is 3. The summed E-state index contributed by atoms with van der Waals surface area (Å²) in [7, 11) is 0. The van der Waals surface area contributed by atoms with Gasteiger partial charge in [-0.1, -0.05) is 75.4 Å². The third kappa shape index (κ3) is 7.82. The number of rotatable bonds is 10. The van der Waals surface area contributed by atoms with Gasteiger partial charge in [0.25, 0.3) is 0 Å². The average molecular weight is 343 g/mol. The van der Waals surface area contributed by atoms with Crippen LogP contribution in [0.2, 0.25) is 0 Å². The average Bonchev–Trinajstić information content (AvgIpc) is 2.67. The minimum Gasteiger partial charge on any atom is -0.381 e. The summed E-state index contributed by atoms with van der Waals surface area (Å²) in [6.07, 6.45) is 2.08. The summed E-state index contributed by atoms with van der Waals surface area (Å²) in [6.45, 7) is 10.8. The summed E-state index contributed by atoms with van der Waals surface area (Å²) < 4.78 is 5.51. The van der Waals surface area contributed by atoms with Crippen LogP contribution in [0, 0.1) is 6.92 Å². The summed E-state index contributed by atoms with van der Waals surface area (Å²) in [5.74, 6) is 0. The van der Waals surface area contributed by atoms with Crippen LogP contribution >= 0.6 is 0 Å². The first-order valence-electron chi connectivity index (χ1n) is 9.49. The highest BCUT2D eigenvalue weighted by Crippen LogP contribution is 2.24. The second kappa shape index (κ2) is 13.6. The second-order valence-corrected chi connectivity index (χ2v) is 5.74. The van der Waals surface area contributed by atoms with Crippen molar-refractivity contribution in [1.29, 1.82) is 0 Å². The quantitative estimate of drug-likeness (QED) is 0.470. The Kier molecular flexibility index (Phi) is 11.6. The van der Waals surface area contributed by atoms with Crippen LogP contribution in [0.15, 0.2) is 54.6 Å². The van der Waals surface area contributed by atoms with Gasteiger partial charge in [-0.05, 0) is 36.5 Å². The van der Waals surface area contributed by atoms with Crippen LogP contribution in [-0.2, 0) is 4.74 Å². The minimum absolute atomic E-state index is 0.147. The number of hydrazine groups is 1. The number of ether oxygens (including phenoxy) is 1. The standard InChI is InChI=1S/C20H28N2O.C2H6/c1-3-15-23-16-9-14-21-22-20(18-11-5-4-6-12-18)19-13-8-7-10-17(19)2;1-2/h4-8,10-13,20-22H,3,9,14-16H2,1-2H3;1-2H3. The van der Waals surface area contributed by atoms with E-state index in [0.717, 1.165) is 32.6 Å².